The van der Waals surface area contributed by atoms with Crippen molar-refractivity contribution in [3.05, 3.63) is 80.7 Å². The summed E-state index contributed by atoms with van der Waals surface area (Å²) in [5, 5.41) is 3.17. The van der Waals surface area contributed by atoms with E-state index in [2.05, 4.69) is 20.3 Å². The Morgan fingerprint density at radius 2 is 1.77 bits per heavy atom. The zero-order valence-corrected chi connectivity index (χ0v) is 17.5. The van der Waals surface area contributed by atoms with Gasteiger partial charge in [-0.1, -0.05) is 35.6 Å². The second kappa shape index (κ2) is 7.97. The van der Waals surface area contributed by atoms with Gasteiger partial charge in [0, 0.05) is 17.5 Å². The Morgan fingerprint density at radius 3 is 2.55 bits per heavy atom. The van der Waals surface area contributed by atoms with E-state index >= 15 is 0 Å². The van der Waals surface area contributed by atoms with Crippen LogP contribution in [0.4, 0.5) is 9.52 Å². The molecule has 3 aromatic heterocycles. The number of nitrogens with one attached hydrogen (secondary N) is 1. The van der Waals surface area contributed by atoms with Crippen molar-refractivity contribution < 1.29 is 9.18 Å². The van der Waals surface area contributed by atoms with E-state index in [1.165, 1.54) is 28.0 Å². The molecule has 3 heterocycles. The molecule has 2 aromatic carbocycles. The third kappa shape index (κ3) is 4.07. The van der Waals surface area contributed by atoms with Gasteiger partial charge >= 0.3 is 4.87 Å². The number of anilines is 1. The summed E-state index contributed by atoms with van der Waals surface area (Å²) < 4.78 is 14.4. The molecule has 5 aromatic rings. The van der Waals surface area contributed by atoms with E-state index in [-0.39, 0.29) is 23.1 Å². The fraction of sp³-hybridized carbons (Fsp3) is 0.0952. The van der Waals surface area contributed by atoms with Gasteiger partial charge in [0.2, 0.25) is 5.91 Å². The van der Waals surface area contributed by atoms with Gasteiger partial charge in [-0.05, 0) is 29.8 Å². The third-order valence-electron chi connectivity index (χ3n) is 4.57. The van der Waals surface area contributed by atoms with Gasteiger partial charge in [0.15, 0.2) is 15.6 Å². The van der Waals surface area contributed by atoms with Crippen LogP contribution < -0.4 is 10.2 Å². The standard InChI is InChI=1S/C21H14FN5O2S2/c22-13-7-5-12(6-8-13)9-14-10-23-20(30-14)26-17(28)11-27-18-19(31-21(27)29)25-16-4-2-1-3-15(16)24-18/h1-8,10H,9,11H2,(H,23,26,28). The first kappa shape index (κ1) is 19.5. The molecule has 0 aliphatic heterocycles. The summed E-state index contributed by atoms with van der Waals surface area (Å²) in [4.78, 5) is 39.3. The van der Waals surface area contributed by atoms with Crippen molar-refractivity contribution in [3.63, 3.8) is 0 Å². The second-order valence-corrected chi connectivity index (χ2v) is 8.83. The van der Waals surface area contributed by atoms with Crippen molar-refractivity contribution in [2.24, 2.45) is 0 Å². The Balaban J connectivity index is 1.33. The molecule has 0 saturated carbocycles. The predicted molar refractivity (Wildman–Crippen MR) is 119 cm³/mol. The Morgan fingerprint density at radius 1 is 1.03 bits per heavy atom. The largest absolute Gasteiger partial charge is 0.311 e. The molecule has 1 N–H and O–H groups in total. The summed E-state index contributed by atoms with van der Waals surface area (Å²) in [6.07, 6.45) is 2.26. The van der Waals surface area contributed by atoms with Crippen LogP contribution in [0, 0.1) is 5.82 Å². The SMILES string of the molecule is O=C(Cn1c(=O)sc2nc3ccccc3nc21)Nc1ncc(Cc2ccc(F)cc2)s1. The smallest absolute Gasteiger partial charge is 0.300 e. The Hall–Kier alpha value is -3.50. The van der Waals surface area contributed by atoms with Crippen molar-refractivity contribution >= 4 is 55.2 Å². The number of rotatable bonds is 5. The van der Waals surface area contributed by atoms with Crippen molar-refractivity contribution in [2.45, 2.75) is 13.0 Å². The lowest BCUT2D eigenvalue weighted by Gasteiger charge is -2.04. The van der Waals surface area contributed by atoms with E-state index in [0.717, 1.165) is 21.8 Å². The van der Waals surface area contributed by atoms with Crippen LogP contribution in [0.5, 0.6) is 0 Å². The first-order valence-electron chi connectivity index (χ1n) is 9.30. The maximum atomic E-state index is 13.0. The summed E-state index contributed by atoms with van der Waals surface area (Å²) >= 11 is 2.30. The lowest BCUT2D eigenvalue weighted by molar-refractivity contribution is -0.116. The number of amides is 1. The number of hydrogen-bond donors (Lipinski definition) is 1. The number of nitrogens with zero attached hydrogens (tertiary/aromatic N) is 4. The molecule has 0 bridgehead atoms. The highest BCUT2D eigenvalue weighted by Crippen LogP contribution is 2.22. The first-order chi connectivity index (χ1) is 15.0. The minimum atomic E-state index is -0.376. The van der Waals surface area contributed by atoms with E-state index in [4.69, 9.17) is 0 Å². The lowest BCUT2D eigenvalue weighted by Crippen LogP contribution is -2.24. The number of benzene rings is 2. The molecule has 0 aliphatic carbocycles. The van der Waals surface area contributed by atoms with Gasteiger partial charge in [0.05, 0.1) is 11.0 Å². The van der Waals surface area contributed by atoms with Crippen LogP contribution in [-0.2, 0) is 17.8 Å². The summed E-state index contributed by atoms with van der Waals surface area (Å²) in [5.41, 5.74) is 2.70. The number of para-hydroxylation sites is 2. The molecule has 7 nitrogen and oxygen atoms in total. The topological polar surface area (TPSA) is 89.8 Å². The molecule has 1 amide bonds. The first-order valence-corrected chi connectivity index (χ1v) is 10.9. The molecule has 0 unspecified atom stereocenters. The molecular formula is C21H14FN5O2S2. The summed E-state index contributed by atoms with van der Waals surface area (Å²) in [6.45, 7) is -0.182. The van der Waals surface area contributed by atoms with Gasteiger partial charge in [-0.3, -0.25) is 14.2 Å². The van der Waals surface area contributed by atoms with Crippen molar-refractivity contribution in [1.29, 1.82) is 0 Å². The minimum Gasteiger partial charge on any atom is -0.300 e. The van der Waals surface area contributed by atoms with Gasteiger partial charge in [-0.15, -0.1) is 11.3 Å². The highest BCUT2D eigenvalue weighted by Gasteiger charge is 2.16. The summed E-state index contributed by atoms with van der Waals surface area (Å²) in [6, 6.07) is 13.6. The maximum absolute atomic E-state index is 13.0. The Labute approximate surface area is 182 Å². The Kier molecular flexibility index (Phi) is 5.00. The quantitative estimate of drug-likeness (QED) is 0.439. The predicted octanol–water partition coefficient (Wildman–Crippen LogP) is 3.83. The highest BCUT2D eigenvalue weighted by atomic mass is 32.1. The van der Waals surface area contributed by atoms with Crippen LogP contribution >= 0.6 is 22.7 Å². The number of hydrogen-bond acceptors (Lipinski definition) is 7. The molecule has 0 aliphatic rings. The van der Waals surface area contributed by atoms with Crippen LogP contribution in [0.1, 0.15) is 10.4 Å². The monoisotopic (exact) mass is 451 g/mol. The van der Waals surface area contributed by atoms with E-state index in [1.807, 2.05) is 24.3 Å². The second-order valence-electron chi connectivity index (χ2n) is 6.78. The van der Waals surface area contributed by atoms with Crippen LogP contribution in [0.15, 0.2) is 59.5 Å². The molecule has 10 heteroatoms. The molecule has 0 radical (unpaired) electrons. The van der Waals surface area contributed by atoms with Crippen LogP contribution in [0.25, 0.3) is 21.5 Å². The van der Waals surface area contributed by atoms with E-state index < -0.39 is 0 Å². The van der Waals surface area contributed by atoms with Gasteiger partial charge in [-0.2, -0.15) is 0 Å². The fourth-order valence-electron chi connectivity index (χ4n) is 3.14. The molecular weight excluding hydrogens is 437 g/mol. The van der Waals surface area contributed by atoms with Gasteiger partial charge in [0.25, 0.3) is 0 Å². The zero-order valence-electron chi connectivity index (χ0n) is 15.9. The van der Waals surface area contributed by atoms with Crippen LogP contribution in [-0.4, -0.2) is 25.4 Å². The van der Waals surface area contributed by atoms with Crippen molar-refractivity contribution in [3.8, 4) is 0 Å². The van der Waals surface area contributed by atoms with Crippen molar-refractivity contribution in [2.75, 3.05) is 5.32 Å². The normalized spacial score (nSPS) is 11.3. The highest BCUT2D eigenvalue weighted by molar-refractivity contribution is 7.16. The van der Waals surface area contributed by atoms with Gasteiger partial charge in [-0.25, -0.2) is 19.3 Å². The molecule has 0 fully saturated rings. The van der Waals surface area contributed by atoms with Crippen molar-refractivity contribution in [1.82, 2.24) is 19.5 Å². The molecule has 0 saturated heterocycles. The summed E-state index contributed by atoms with van der Waals surface area (Å²) in [5.74, 6) is -0.658. The minimum absolute atomic E-state index is 0.182. The molecule has 31 heavy (non-hydrogen) atoms. The number of fused-ring (bicyclic) bond motifs is 2. The number of aromatic nitrogens is 4. The van der Waals surface area contributed by atoms with Gasteiger partial charge in [0.1, 0.15) is 12.4 Å². The summed E-state index contributed by atoms with van der Waals surface area (Å²) in [7, 11) is 0. The molecule has 5 rings (SSSR count). The van der Waals surface area contributed by atoms with Gasteiger partial charge < -0.3 is 5.32 Å². The van der Waals surface area contributed by atoms with E-state index in [1.54, 1.807) is 18.3 Å². The van der Waals surface area contributed by atoms with E-state index in [0.29, 0.717) is 33.1 Å². The number of halogens is 1. The van der Waals surface area contributed by atoms with E-state index in [9.17, 15) is 14.0 Å². The number of carbonyl (C=O) groups is 1. The average molecular weight is 452 g/mol. The third-order valence-corrected chi connectivity index (χ3v) is 6.35. The fourth-order valence-corrected chi connectivity index (χ4v) is 4.82. The molecule has 154 valence electrons. The molecule has 0 atom stereocenters. The maximum Gasteiger partial charge on any atom is 0.311 e. The zero-order chi connectivity index (χ0) is 21.4. The lowest BCUT2D eigenvalue weighted by atomic mass is 10.1. The number of carbonyl (C=O) groups excluding carboxylic acids is 1. The average Bonchev–Trinajstić information content (AvgIpc) is 3.31. The van der Waals surface area contributed by atoms with Crippen LogP contribution in [0.3, 0.4) is 0 Å². The Bertz CT molecular complexity index is 1470. The van der Waals surface area contributed by atoms with Crippen LogP contribution in [0.2, 0.25) is 0 Å². The molecule has 0 spiro atoms. The number of thiazole rings is 2.